The quantitative estimate of drug-likeness (QED) is 0.413. The molecule has 0 bridgehead atoms. The van der Waals surface area contributed by atoms with Gasteiger partial charge >= 0.3 is 0 Å². The molecular formula is C19H32N4O3S. The SMILES string of the molecule is CCCNC(=O)c1cccc(CN=C(NCC)NC(C)CCS(C)(=O)=O)c1. The molecule has 0 saturated heterocycles. The van der Waals surface area contributed by atoms with Crippen molar-refractivity contribution in [3.8, 4) is 0 Å². The number of benzene rings is 1. The standard InChI is InChI=1S/C19H32N4O3S/c1-5-11-21-18(24)17-9-7-8-16(13-17)14-22-19(20-6-2)23-15(3)10-12-27(4,25)26/h7-9,13,15H,5-6,10-12,14H2,1-4H3,(H,21,24)(H2,20,22,23). The smallest absolute Gasteiger partial charge is 0.251 e. The van der Waals surface area contributed by atoms with Gasteiger partial charge in [-0.1, -0.05) is 19.1 Å². The van der Waals surface area contributed by atoms with E-state index in [1.54, 1.807) is 6.07 Å². The number of aliphatic imine (C=N–C) groups is 1. The first-order chi connectivity index (χ1) is 12.7. The monoisotopic (exact) mass is 396 g/mol. The summed E-state index contributed by atoms with van der Waals surface area (Å²) in [5, 5.41) is 9.24. The van der Waals surface area contributed by atoms with E-state index in [0.29, 0.717) is 37.6 Å². The van der Waals surface area contributed by atoms with Crippen LogP contribution in [0.2, 0.25) is 0 Å². The minimum absolute atomic E-state index is 0.0244. The maximum Gasteiger partial charge on any atom is 0.251 e. The van der Waals surface area contributed by atoms with Crippen molar-refractivity contribution in [2.75, 3.05) is 25.1 Å². The molecule has 1 atom stereocenters. The summed E-state index contributed by atoms with van der Waals surface area (Å²) >= 11 is 0. The predicted octanol–water partition coefficient (Wildman–Crippen LogP) is 1.70. The highest BCUT2D eigenvalue weighted by atomic mass is 32.2. The highest BCUT2D eigenvalue weighted by Crippen LogP contribution is 2.07. The fourth-order valence-electron chi connectivity index (χ4n) is 2.34. The molecular weight excluding hydrogens is 364 g/mol. The Morgan fingerprint density at radius 2 is 1.96 bits per heavy atom. The van der Waals surface area contributed by atoms with Crippen molar-refractivity contribution >= 4 is 21.7 Å². The average molecular weight is 397 g/mol. The molecule has 0 aromatic heterocycles. The van der Waals surface area contributed by atoms with Crippen molar-refractivity contribution in [1.82, 2.24) is 16.0 Å². The molecule has 0 aliphatic carbocycles. The molecule has 1 unspecified atom stereocenters. The van der Waals surface area contributed by atoms with E-state index in [0.717, 1.165) is 12.0 Å². The molecule has 7 nitrogen and oxygen atoms in total. The van der Waals surface area contributed by atoms with Crippen LogP contribution in [-0.4, -0.2) is 51.4 Å². The summed E-state index contributed by atoms with van der Waals surface area (Å²) in [4.78, 5) is 16.6. The summed E-state index contributed by atoms with van der Waals surface area (Å²) in [5.74, 6) is 0.677. The van der Waals surface area contributed by atoms with Gasteiger partial charge in [-0.3, -0.25) is 4.79 Å². The summed E-state index contributed by atoms with van der Waals surface area (Å²) in [7, 11) is -2.98. The first-order valence-corrected chi connectivity index (χ1v) is 11.4. The van der Waals surface area contributed by atoms with Gasteiger partial charge in [0, 0.05) is 31.0 Å². The van der Waals surface area contributed by atoms with E-state index in [-0.39, 0.29) is 17.7 Å². The van der Waals surface area contributed by atoms with Crippen LogP contribution in [0.4, 0.5) is 0 Å². The van der Waals surface area contributed by atoms with Gasteiger partial charge in [-0.05, 0) is 44.4 Å². The summed E-state index contributed by atoms with van der Waals surface area (Å²) in [6.45, 7) is 7.68. The van der Waals surface area contributed by atoms with E-state index in [2.05, 4.69) is 20.9 Å². The number of amides is 1. The third kappa shape index (κ3) is 9.98. The number of rotatable bonds is 10. The fourth-order valence-corrected chi connectivity index (χ4v) is 3.12. The molecule has 0 fully saturated rings. The number of nitrogens with zero attached hydrogens (tertiary/aromatic N) is 1. The van der Waals surface area contributed by atoms with Crippen LogP contribution in [0.5, 0.6) is 0 Å². The number of carbonyl (C=O) groups is 1. The van der Waals surface area contributed by atoms with Gasteiger partial charge in [-0.25, -0.2) is 13.4 Å². The zero-order valence-corrected chi connectivity index (χ0v) is 17.5. The Bertz CT molecular complexity index is 732. The van der Waals surface area contributed by atoms with Gasteiger partial charge in [-0.2, -0.15) is 0 Å². The first-order valence-electron chi connectivity index (χ1n) is 9.34. The van der Waals surface area contributed by atoms with E-state index in [4.69, 9.17) is 0 Å². The van der Waals surface area contributed by atoms with Crippen LogP contribution in [0.3, 0.4) is 0 Å². The Morgan fingerprint density at radius 1 is 1.22 bits per heavy atom. The molecule has 152 valence electrons. The van der Waals surface area contributed by atoms with Gasteiger partial charge < -0.3 is 16.0 Å². The molecule has 0 radical (unpaired) electrons. The lowest BCUT2D eigenvalue weighted by Gasteiger charge is -2.17. The van der Waals surface area contributed by atoms with Gasteiger partial charge in [0.1, 0.15) is 9.84 Å². The van der Waals surface area contributed by atoms with Crippen LogP contribution >= 0.6 is 0 Å². The van der Waals surface area contributed by atoms with E-state index in [1.165, 1.54) is 6.26 Å². The average Bonchev–Trinajstić information content (AvgIpc) is 2.62. The van der Waals surface area contributed by atoms with Crippen molar-refractivity contribution < 1.29 is 13.2 Å². The minimum atomic E-state index is -2.98. The van der Waals surface area contributed by atoms with E-state index in [9.17, 15) is 13.2 Å². The van der Waals surface area contributed by atoms with Crippen LogP contribution in [-0.2, 0) is 16.4 Å². The number of hydrogen-bond donors (Lipinski definition) is 3. The highest BCUT2D eigenvalue weighted by Gasteiger charge is 2.10. The zero-order valence-electron chi connectivity index (χ0n) is 16.7. The molecule has 1 amide bonds. The van der Waals surface area contributed by atoms with Crippen molar-refractivity contribution in [3.05, 3.63) is 35.4 Å². The van der Waals surface area contributed by atoms with Crippen LogP contribution in [0.15, 0.2) is 29.3 Å². The van der Waals surface area contributed by atoms with E-state index < -0.39 is 9.84 Å². The van der Waals surface area contributed by atoms with Crippen molar-refractivity contribution in [2.45, 2.75) is 46.2 Å². The largest absolute Gasteiger partial charge is 0.357 e. The van der Waals surface area contributed by atoms with Crippen LogP contribution < -0.4 is 16.0 Å². The molecule has 8 heteroatoms. The highest BCUT2D eigenvalue weighted by molar-refractivity contribution is 7.90. The second-order valence-electron chi connectivity index (χ2n) is 6.62. The van der Waals surface area contributed by atoms with Crippen LogP contribution in [0, 0.1) is 0 Å². The zero-order chi connectivity index (χ0) is 20.3. The molecule has 1 aromatic rings. The van der Waals surface area contributed by atoms with E-state index >= 15 is 0 Å². The van der Waals surface area contributed by atoms with Crippen LogP contribution in [0.1, 0.15) is 49.5 Å². The normalized spacial score (nSPS) is 13.1. The Kier molecular flexibility index (Phi) is 9.85. The Morgan fingerprint density at radius 3 is 2.59 bits per heavy atom. The number of carbonyl (C=O) groups excluding carboxylic acids is 1. The maximum atomic E-state index is 12.1. The van der Waals surface area contributed by atoms with Crippen molar-refractivity contribution in [2.24, 2.45) is 4.99 Å². The van der Waals surface area contributed by atoms with Crippen molar-refractivity contribution in [1.29, 1.82) is 0 Å². The van der Waals surface area contributed by atoms with Crippen LogP contribution in [0.25, 0.3) is 0 Å². The molecule has 0 aliphatic heterocycles. The maximum absolute atomic E-state index is 12.1. The Balaban J connectivity index is 2.73. The summed E-state index contributed by atoms with van der Waals surface area (Å²) in [5.41, 5.74) is 1.55. The third-order valence-electron chi connectivity index (χ3n) is 3.79. The lowest BCUT2D eigenvalue weighted by molar-refractivity contribution is 0.0953. The fraction of sp³-hybridized carbons (Fsp3) is 0.579. The third-order valence-corrected chi connectivity index (χ3v) is 4.77. The number of nitrogens with one attached hydrogen (secondary N) is 3. The number of hydrogen-bond acceptors (Lipinski definition) is 4. The topological polar surface area (TPSA) is 99.7 Å². The summed E-state index contributed by atoms with van der Waals surface area (Å²) < 4.78 is 22.6. The minimum Gasteiger partial charge on any atom is -0.357 e. The lowest BCUT2D eigenvalue weighted by atomic mass is 10.1. The van der Waals surface area contributed by atoms with E-state index in [1.807, 2.05) is 39.0 Å². The van der Waals surface area contributed by atoms with Gasteiger partial charge in [0.2, 0.25) is 0 Å². The molecule has 1 rings (SSSR count). The molecule has 1 aromatic carbocycles. The molecule has 3 N–H and O–H groups in total. The lowest BCUT2D eigenvalue weighted by Crippen LogP contribution is -2.42. The number of guanidine groups is 1. The molecule has 0 saturated carbocycles. The first kappa shape index (κ1) is 23.0. The van der Waals surface area contributed by atoms with Gasteiger partial charge in [-0.15, -0.1) is 0 Å². The molecule has 0 spiro atoms. The van der Waals surface area contributed by atoms with Gasteiger partial charge in [0.05, 0.1) is 12.3 Å². The molecule has 0 aliphatic rings. The van der Waals surface area contributed by atoms with Gasteiger partial charge in [0.25, 0.3) is 5.91 Å². The van der Waals surface area contributed by atoms with Gasteiger partial charge in [0.15, 0.2) is 5.96 Å². The predicted molar refractivity (Wildman–Crippen MR) is 111 cm³/mol. The Labute approximate surface area is 163 Å². The summed E-state index contributed by atoms with van der Waals surface area (Å²) in [6.07, 6.45) is 2.64. The molecule has 27 heavy (non-hydrogen) atoms. The second-order valence-corrected chi connectivity index (χ2v) is 8.88. The second kappa shape index (κ2) is 11.6. The molecule has 0 heterocycles. The Hall–Kier alpha value is -2.09. The number of sulfone groups is 1. The summed E-state index contributed by atoms with van der Waals surface area (Å²) in [6, 6.07) is 7.38. The van der Waals surface area contributed by atoms with Crippen molar-refractivity contribution in [3.63, 3.8) is 0 Å².